The van der Waals surface area contributed by atoms with Gasteiger partial charge < -0.3 is 9.55 Å². The molecule has 0 unspecified atom stereocenters. The van der Waals surface area contributed by atoms with E-state index in [0.29, 0.717) is 11.1 Å². The topological polar surface area (TPSA) is 87.4 Å². The van der Waals surface area contributed by atoms with Gasteiger partial charge in [0.05, 0.1) is 29.0 Å². The SMILES string of the molecule is CC(C)(C)n1cnc2ccc(-c3c[nH]c4ncc(CC(=O)c5cccc(C#N)c5)cc34)cc21. The number of ketones is 1. The molecule has 0 amide bonds. The third-order valence-corrected chi connectivity index (χ3v) is 5.85. The van der Waals surface area contributed by atoms with Gasteiger partial charge in [0.25, 0.3) is 0 Å². The van der Waals surface area contributed by atoms with Crippen LogP contribution in [0, 0.1) is 11.3 Å². The maximum Gasteiger partial charge on any atom is 0.167 e. The lowest BCUT2D eigenvalue weighted by Crippen LogP contribution is -2.20. The molecule has 5 rings (SSSR count). The summed E-state index contributed by atoms with van der Waals surface area (Å²) in [7, 11) is 0. The number of carbonyl (C=O) groups is 1. The standard InChI is InChI=1S/C27H23N5O/c1-27(2,3)32-16-31-23-8-7-19(12-24(23)32)22-15-30-26-21(22)10-18(14-29-26)11-25(33)20-6-4-5-17(9-20)13-28/h4-10,12,14-16H,11H2,1-3H3,(H,29,30). The van der Waals surface area contributed by atoms with Gasteiger partial charge in [0.1, 0.15) is 5.65 Å². The molecule has 0 radical (unpaired) electrons. The summed E-state index contributed by atoms with van der Waals surface area (Å²) in [4.78, 5) is 25.1. The second-order valence-corrected chi connectivity index (χ2v) is 9.22. The lowest BCUT2D eigenvalue weighted by atomic mass is 10.00. The average molecular weight is 434 g/mol. The van der Waals surface area contributed by atoms with Crippen LogP contribution in [0.2, 0.25) is 0 Å². The predicted octanol–water partition coefficient (Wildman–Crippen LogP) is 5.63. The molecule has 0 saturated carbocycles. The van der Waals surface area contributed by atoms with Crippen molar-refractivity contribution in [1.29, 1.82) is 5.26 Å². The minimum atomic E-state index is -0.0779. The van der Waals surface area contributed by atoms with Crippen LogP contribution in [-0.4, -0.2) is 25.3 Å². The number of hydrogen-bond donors (Lipinski definition) is 1. The Balaban J connectivity index is 1.52. The summed E-state index contributed by atoms with van der Waals surface area (Å²) >= 11 is 0. The number of aromatic nitrogens is 4. The van der Waals surface area contributed by atoms with Crippen LogP contribution in [0.3, 0.4) is 0 Å². The largest absolute Gasteiger partial charge is 0.346 e. The maximum atomic E-state index is 12.8. The molecule has 0 aliphatic heterocycles. The highest BCUT2D eigenvalue weighted by Gasteiger charge is 2.17. The Morgan fingerprint density at radius 3 is 2.76 bits per heavy atom. The molecule has 3 aromatic heterocycles. The molecule has 2 aromatic carbocycles. The molecule has 0 bridgehead atoms. The van der Waals surface area contributed by atoms with Crippen molar-refractivity contribution in [3.63, 3.8) is 0 Å². The van der Waals surface area contributed by atoms with Crippen LogP contribution in [-0.2, 0) is 12.0 Å². The number of rotatable bonds is 4. The Labute approximate surface area is 191 Å². The normalized spacial score (nSPS) is 11.7. The third kappa shape index (κ3) is 3.79. The van der Waals surface area contributed by atoms with Crippen molar-refractivity contribution < 1.29 is 4.79 Å². The number of aromatic amines is 1. The van der Waals surface area contributed by atoms with Crippen molar-refractivity contribution in [2.24, 2.45) is 0 Å². The zero-order chi connectivity index (χ0) is 23.2. The zero-order valence-electron chi connectivity index (χ0n) is 18.8. The van der Waals surface area contributed by atoms with Crippen molar-refractivity contribution in [3.05, 3.63) is 83.9 Å². The van der Waals surface area contributed by atoms with E-state index < -0.39 is 0 Å². The molecular weight excluding hydrogens is 410 g/mol. The van der Waals surface area contributed by atoms with E-state index in [2.05, 4.69) is 58.5 Å². The fourth-order valence-corrected chi connectivity index (χ4v) is 4.14. The lowest BCUT2D eigenvalue weighted by molar-refractivity contribution is 0.0993. The highest BCUT2D eigenvalue weighted by molar-refractivity contribution is 5.99. The summed E-state index contributed by atoms with van der Waals surface area (Å²) in [5.74, 6) is -0.0409. The molecule has 33 heavy (non-hydrogen) atoms. The van der Waals surface area contributed by atoms with Gasteiger partial charge >= 0.3 is 0 Å². The summed E-state index contributed by atoms with van der Waals surface area (Å²) < 4.78 is 2.18. The molecule has 6 heteroatoms. The first-order chi connectivity index (χ1) is 15.8. The smallest absolute Gasteiger partial charge is 0.167 e. The van der Waals surface area contributed by atoms with Crippen LogP contribution < -0.4 is 0 Å². The van der Waals surface area contributed by atoms with Crippen LogP contribution >= 0.6 is 0 Å². The molecule has 6 nitrogen and oxygen atoms in total. The zero-order valence-corrected chi connectivity index (χ0v) is 18.8. The Morgan fingerprint density at radius 2 is 1.97 bits per heavy atom. The summed E-state index contributed by atoms with van der Waals surface area (Å²) in [6.45, 7) is 6.48. The van der Waals surface area contributed by atoms with Crippen molar-refractivity contribution >= 4 is 27.9 Å². The molecule has 0 aliphatic carbocycles. The lowest BCUT2D eigenvalue weighted by Gasteiger charge is -2.21. The number of imidazole rings is 1. The Bertz CT molecular complexity index is 1560. The van der Waals surface area contributed by atoms with E-state index >= 15 is 0 Å². The first kappa shape index (κ1) is 20.7. The van der Waals surface area contributed by atoms with Gasteiger partial charge in [0, 0.05) is 40.9 Å². The van der Waals surface area contributed by atoms with Crippen LogP contribution in [0.25, 0.3) is 33.2 Å². The monoisotopic (exact) mass is 433 g/mol. The second kappa shape index (κ2) is 7.72. The van der Waals surface area contributed by atoms with Gasteiger partial charge in [0.2, 0.25) is 0 Å². The van der Waals surface area contributed by atoms with E-state index in [1.807, 2.05) is 24.7 Å². The fraction of sp³-hybridized carbons (Fsp3) is 0.185. The van der Waals surface area contributed by atoms with E-state index in [1.54, 1.807) is 30.5 Å². The number of nitrogens with one attached hydrogen (secondary N) is 1. The number of hydrogen-bond acceptors (Lipinski definition) is 4. The van der Waals surface area contributed by atoms with Gasteiger partial charge in [-0.05, 0) is 62.2 Å². The van der Waals surface area contributed by atoms with Crippen molar-refractivity contribution in [2.45, 2.75) is 32.7 Å². The number of nitriles is 1. The quantitative estimate of drug-likeness (QED) is 0.372. The number of carbonyl (C=O) groups excluding carboxylic acids is 1. The number of fused-ring (bicyclic) bond motifs is 2. The molecule has 0 fully saturated rings. The van der Waals surface area contributed by atoms with Gasteiger partial charge in [-0.2, -0.15) is 5.26 Å². The summed E-state index contributed by atoms with van der Waals surface area (Å²) in [5, 5.41) is 10.1. The van der Waals surface area contributed by atoms with E-state index in [4.69, 9.17) is 5.26 Å². The third-order valence-electron chi connectivity index (χ3n) is 5.85. The second-order valence-electron chi connectivity index (χ2n) is 9.22. The van der Waals surface area contributed by atoms with Crippen LogP contribution in [0.1, 0.15) is 42.3 Å². The Kier molecular flexibility index (Phi) is 4.83. The summed E-state index contributed by atoms with van der Waals surface area (Å²) in [6, 6.07) is 17.2. The molecule has 0 saturated heterocycles. The fourth-order valence-electron chi connectivity index (χ4n) is 4.14. The highest BCUT2D eigenvalue weighted by atomic mass is 16.1. The molecule has 0 atom stereocenters. The summed E-state index contributed by atoms with van der Waals surface area (Å²) in [5.41, 5.74) is 6.66. The van der Waals surface area contributed by atoms with E-state index in [-0.39, 0.29) is 17.7 Å². The maximum absolute atomic E-state index is 12.8. The average Bonchev–Trinajstić information content (AvgIpc) is 3.42. The van der Waals surface area contributed by atoms with Crippen LogP contribution in [0.5, 0.6) is 0 Å². The van der Waals surface area contributed by atoms with E-state index in [0.717, 1.165) is 38.8 Å². The van der Waals surface area contributed by atoms with Crippen molar-refractivity contribution in [1.82, 2.24) is 19.5 Å². The van der Waals surface area contributed by atoms with Gasteiger partial charge in [-0.15, -0.1) is 0 Å². The predicted molar refractivity (Wildman–Crippen MR) is 129 cm³/mol. The number of benzene rings is 2. The minimum Gasteiger partial charge on any atom is -0.346 e. The first-order valence-electron chi connectivity index (χ1n) is 10.8. The number of nitrogens with zero attached hydrogens (tertiary/aromatic N) is 4. The van der Waals surface area contributed by atoms with E-state index in [9.17, 15) is 4.79 Å². The summed E-state index contributed by atoms with van der Waals surface area (Å²) in [6.07, 6.45) is 5.79. The molecule has 162 valence electrons. The van der Waals surface area contributed by atoms with Gasteiger partial charge in [0.15, 0.2) is 5.78 Å². The first-order valence-corrected chi connectivity index (χ1v) is 10.8. The van der Waals surface area contributed by atoms with Gasteiger partial charge in [-0.3, -0.25) is 4.79 Å². The molecule has 0 spiro atoms. The Hall–Kier alpha value is -4.24. The van der Waals surface area contributed by atoms with Crippen molar-refractivity contribution in [2.75, 3.05) is 0 Å². The van der Waals surface area contributed by atoms with Gasteiger partial charge in [-0.25, -0.2) is 9.97 Å². The molecule has 0 aliphatic rings. The van der Waals surface area contributed by atoms with Crippen LogP contribution in [0.15, 0.2) is 67.3 Å². The molecular formula is C27H23N5O. The van der Waals surface area contributed by atoms with E-state index in [1.165, 1.54) is 0 Å². The van der Waals surface area contributed by atoms with Crippen molar-refractivity contribution in [3.8, 4) is 17.2 Å². The molecule has 5 aromatic rings. The van der Waals surface area contributed by atoms with Gasteiger partial charge in [-0.1, -0.05) is 18.2 Å². The number of pyridine rings is 1. The molecule has 1 N–H and O–H groups in total. The highest BCUT2D eigenvalue weighted by Crippen LogP contribution is 2.32. The minimum absolute atomic E-state index is 0.0409. The number of H-pyrrole nitrogens is 1. The Morgan fingerprint density at radius 1 is 1.12 bits per heavy atom. The number of Topliss-reactive ketones (excluding diaryl/α,β-unsaturated/α-hetero) is 1. The molecule has 3 heterocycles. The van der Waals surface area contributed by atoms with Crippen LogP contribution in [0.4, 0.5) is 0 Å².